The van der Waals surface area contributed by atoms with Crippen LogP contribution in [-0.2, 0) is 28.9 Å². The van der Waals surface area contributed by atoms with Gasteiger partial charge in [0.25, 0.3) is 0 Å². The number of fused-ring (bicyclic) bond motifs is 1. The monoisotopic (exact) mass is 496 g/mol. The molecule has 0 unspecified atom stereocenters. The molecule has 0 fully saturated rings. The number of benzene rings is 2. The Morgan fingerprint density at radius 3 is 2.59 bits per heavy atom. The number of allylic oxidation sites excluding steroid dienone is 1. The highest BCUT2D eigenvalue weighted by Crippen LogP contribution is 2.29. The van der Waals surface area contributed by atoms with E-state index in [1.165, 1.54) is 18.4 Å². The molecule has 0 aliphatic carbocycles. The molecule has 4 rings (SSSR count). The van der Waals surface area contributed by atoms with Crippen LogP contribution in [0.15, 0.2) is 65.2 Å². The van der Waals surface area contributed by atoms with E-state index < -0.39 is 10.0 Å². The highest BCUT2D eigenvalue weighted by molar-refractivity contribution is 7.98. The molecule has 0 bridgehead atoms. The number of aryl methyl sites for hydroxylation is 2. The van der Waals surface area contributed by atoms with Gasteiger partial charge >= 0.3 is 0 Å². The summed E-state index contributed by atoms with van der Waals surface area (Å²) in [5.74, 6) is 2.22. The number of sulfonamides is 1. The van der Waals surface area contributed by atoms with Crippen LogP contribution in [-0.4, -0.2) is 51.1 Å². The van der Waals surface area contributed by atoms with Gasteiger partial charge in [-0.1, -0.05) is 41.6 Å². The molecular formula is C24H28N6O2S2. The van der Waals surface area contributed by atoms with Gasteiger partial charge in [-0.3, -0.25) is 4.57 Å². The van der Waals surface area contributed by atoms with E-state index in [1.807, 2.05) is 28.8 Å². The maximum absolute atomic E-state index is 12.5. The Kier molecular flexibility index (Phi) is 6.92. The molecule has 2 aromatic heterocycles. The van der Waals surface area contributed by atoms with Crippen molar-refractivity contribution < 1.29 is 8.42 Å². The minimum Gasteiger partial charge on any atom is -0.328 e. The van der Waals surface area contributed by atoms with Crippen LogP contribution < -0.4 is 0 Å². The molecule has 0 spiro atoms. The third kappa shape index (κ3) is 4.53. The van der Waals surface area contributed by atoms with E-state index in [0.29, 0.717) is 17.8 Å². The first-order chi connectivity index (χ1) is 16.3. The first-order valence-electron chi connectivity index (χ1n) is 10.9. The van der Waals surface area contributed by atoms with E-state index in [-0.39, 0.29) is 4.90 Å². The van der Waals surface area contributed by atoms with Crippen molar-refractivity contribution in [2.45, 2.75) is 42.7 Å². The van der Waals surface area contributed by atoms with E-state index in [0.717, 1.165) is 40.0 Å². The Balaban J connectivity index is 1.66. The molecule has 10 heteroatoms. The van der Waals surface area contributed by atoms with E-state index in [2.05, 4.69) is 47.3 Å². The van der Waals surface area contributed by atoms with Crippen LogP contribution in [0, 0.1) is 6.92 Å². The smallest absolute Gasteiger partial charge is 0.242 e. The number of imidazole rings is 1. The average molecular weight is 497 g/mol. The Morgan fingerprint density at radius 1 is 1.12 bits per heavy atom. The van der Waals surface area contributed by atoms with E-state index in [4.69, 9.17) is 4.98 Å². The fourth-order valence-corrected chi connectivity index (χ4v) is 5.63. The van der Waals surface area contributed by atoms with Gasteiger partial charge < -0.3 is 4.57 Å². The van der Waals surface area contributed by atoms with Crippen molar-refractivity contribution in [2.24, 2.45) is 0 Å². The minimum atomic E-state index is -3.52. The maximum atomic E-state index is 12.5. The zero-order valence-corrected chi connectivity index (χ0v) is 21.4. The lowest BCUT2D eigenvalue weighted by molar-refractivity contribution is 0.521. The molecule has 0 aliphatic rings. The molecular weight excluding hydrogens is 468 g/mol. The highest BCUT2D eigenvalue weighted by Gasteiger charge is 2.20. The number of nitrogens with zero attached hydrogens (tertiary/aromatic N) is 6. The predicted molar refractivity (Wildman–Crippen MR) is 136 cm³/mol. The summed E-state index contributed by atoms with van der Waals surface area (Å²) in [4.78, 5) is 5.00. The molecule has 4 aromatic rings. The zero-order valence-electron chi connectivity index (χ0n) is 19.8. The van der Waals surface area contributed by atoms with Gasteiger partial charge in [0.05, 0.1) is 21.7 Å². The van der Waals surface area contributed by atoms with Gasteiger partial charge in [0.2, 0.25) is 10.0 Å². The quantitative estimate of drug-likeness (QED) is 0.253. The van der Waals surface area contributed by atoms with Crippen molar-refractivity contribution in [1.29, 1.82) is 0 Å². The lowest BCUT2D eigenvalue weighted by Crippen LogP contribution is -2.22. The van der Waals surface area contributed by atoms with Crippen molar-refractivity contribution in [3.8, 4) is 11.4 Å². The first-order valence-corrected chi connectivity index (χ1v) is 13.3. The van der Waals surface area contributed by atoms with Crippen LogP contribution in [0.4, 0.5) is 0 Å². The van der Waals surface area contributed by atoms with Gasteiger partial charge in [-0.25, -0.2) is 17.7 Å². The summed E-state index contributed by atoms with van der Waals surface area (Å²) >= 11 is 1.55. The molecule has 178 valence electrons. The van der Waals surface area contributed by atoms with Gasteiger partial charge in [-0.05, 0) is 38.1 Å². The summed E-state index contributed by atoms with van der Waals surface area (Å²) in [5.41, 5.74) is 3.74. The number of aromatic nitrogens is 5. The fraction of sp³-hybridized carbons (Fsp3) is 0.292. The van der Waals surface area contributed by atoms with Crippen molar-refractivity contribution in [1.82, 2.24) is 28.6 Å². The molecule has 0 saturated carbocycles. The van der Waals surface area contributed by atoms with E-state index >= 15 is 0 Å². The minimum absolute atomic E-state index is 0.235. The Labute approximate surface area is 204 Å². The molecule has 0 aliphatic heterocycles. The molecule has 0 saturated heterocycles. The summed E-state index contributed by atoms with van der Waals surface area (Å²) in [7, 11) is -0.476. The van der Waals surface area contributed by atoms with Crippen LogP contribution >= 0.6 is 11.8 Å². The van der Waals surface area contributed by atoms with Crippen molar-refractivity contribution in [3.05, 3.63) is 66.5 Å². The number of thioether (sulfide) groups is 1. The maximum Gasteiger partial charge on any atom is 0.242 e. The van der Waals surface area contributed by atoms with Crippen LogP contribution in [0.3, 0.4) is 0 Å². The third-order valence-electron chi connectivity index (χ3n) is 5.53. The summed E-state index contributed by atoms with van der Waals surface area (Å²) < 4.78 is 30.5. The second kappa shape index (κ2) is 9.73. The average Bonchev–Trinajstić information content (AvgIpc) is 3.37. The number of hydrogen-bond acceptors (Lipinski definition) is 6. The molecule has 34 heavy (non-hydrogen) atoms. The van der Waals surface area contributed by atoms with E-state index in [1.54, 1.807) is 23.9 Å². The highest BCUT2D eigenvalue weighted by atomic mass is 32.2. The molecule has 0 N–H and O–H groups in total. The van der Waals surface area contributed by atoms with Crippen LogP contribution in [0.1, 0.15) is 18.3 Å². The number of rotatable bonds is 9. The van der Waals surface area contributed by atoms with Crippen LogP contribution in [0.25, 0.3) is 22.4 Å². The van der Waals surface area contributed by atoms with Gasteiger partial charge in [-0.2, -0.15) is 0 Å². The van der Waals surface area contributed by atoms with Crippen LogP contribution in [0.2, 0.25) is 0 Å². The summed E-state index contributed by atoms with van der Waals surface area (Å²) in [6, 6.07) is 13.3. The van der Waals surface area contributed by atoms with Crippen LogP contribution in [0.5, 0.6) is 0 Å². The lowest BCUT2D eigenvalue weighted by Gasteiger charge is -2.11. The Bertz CT molecular complexity index is 1450. The second-order valence-electron chi connectivity index (χ2n) is 8.07. The molecule has 0 radical (unpaired) electrons. The molecule has 2 heterocycles. The van der Waals surface area contributed by atoms with Gasteiger partial charge in [0.15, 0.2) is 11.0 Å². The molecule has 0 atom stereocenters. The summed E-state index contributed by atoms with van der Waals surface area (Å²) in [6.45, 7) is 9.31. The van der Waals surface area contributed by atoms with Crippen molar-refractivity contribution in [3.63, 3.8) is 0 Å². The first kappa shape index (κ1) is 24.2. The Morgan fingerprint density at radius 2 is 1.91 bits per heavy atom. The third-order valence-corrected chi connectivity index (χ3v) is 8.30. The standard InChI is InChI=1S/C24H28N6O2S2/c1-6-13-30-23(18-10-8-9-17(3)14-18)26-27-24(30)33-16-22-25-20-15-19(34(31,32)28(4)5)11-12-21(20)29(22)7-2/h6,8-12,14-15H,1,7,13,16H2,2-5H3. The zero-order chi connectivity index (χ0) is 24.5. The second-order valence-corrected chi connectivity index (χ2v) is 11.2. The Hall–Kier alpha value is -2.95. The van der Waals surface area contributed by atoms with Gasteiger partial charge in [-0.15, -0.1) is 16.8 Å². The van der Waals surface area contributed by atoms with Crippen molar-refractivity contribution in [2.75, 3.05) is 14.1 Å². The van der Waals surface area contributed by atoms with Gasteiger partial charge in [0, 0.05) is 32.7 Å². The lowest BCUT2D eigenvalue weighted by atomic mass is 10.1. The SMILES string of the molecule is C=CCn1c(SCc2nc3cc(S(=O)(=O)N(C)C)ccc3n2CC)nnc1-c1cccc(C)c1. The topological polar surface area (TPSA) is 85.9 Å². The largest absolute Gasteiger partial charge is 0.328 e. The summed E-state index contributed by atoms with van der Waals surface area (Å²) in [5, 5.41) is 9.66. The van der Waals surface area contributed by atoms with E-state index in [9.17, 15) is 8.42 Å². The predicted octanol–water partition coefficient (Wildman–Crippen LogP) is 4.35. The fourth-order valence-electron chi connectivity index (χ4n) is 3.81. The van der Waals surface area contributed by atoms with Crippen molar-refractivity contribution >= 4 is 32.8 Å². The van der Waals surface area contributed by atoms with Gasteiger partial charge in [0.1, 0.15) is 5.82 Å². The molecule has 0 amide bonds. The molecule has 8 nitrogen and oxygen atoms in total. The molecule has 2 aromatic carbocycles. The number of hydrogen-bond donors (Lipinski definition) is 0. The normalized spacial score (nSPS) is 12.0. The summed E-state index contributed by atoms with van der Waals surface area (Å²) in [6.07, 6.45) is 1.83.